The van der Waals surface area contributed by atoms with Crippen molar-refractivity contribution >= 4 is 17.3 Å². The molecule has 0 amide bonds. The molecule has 0 aliphatic heterocycles. The zero-order valence-corrected chi connectivity index (χ0v) is 12.1. The molecule has 1 fully saturated rings. The number of rotatable bonds is 5. The van der Waals surface area contributed by atoms with Gasteiger partial charge in [-0.1, -0.05) is 0 Å². The van der Waals surface area contributed by atoms with Crippen LogP contribution in [-0.2, 0) is 9.49 Å². The van der Waals surface area contributed by atoms with E-state index in [0.717, 1.165) is 15.8 Å². The van der Waals surface area contributed by atoms with Gasteiger partial charge in [0.1, 0.15) is 0 Å². The fourth-order valence-electron chi connectivity index (χ4n) is 1.34. The Morgan fingerprint density at radius 3 is 3.06 bits per heavy atom. The topological polar surface area (TPSA) is 39.2 Å². The molecule has 1 saturated carbocycles. The Bertz CT molecular complexity index is 424. The van der Waals surface area contributed by atoms with Gasteiger partial charge in [0.15, 0.2) is 0 Å². The number of aromatic nitrogens is 1. The molecule has 1 unspecified atom stereocenters. The molecule has 17 heavy (non-hydrogen) atoms. The van der Waals surface area contributed by atoms with E-state index in [4.69, 9.17) is 3.07 Å². The van der Waals surface area contributed by atoms with Gasteiger partial charge in [-0.25, -0.2) is 0 Å². The average molecular weight is 374 g/mol. The predicted octanol–water partition coefficient (Wildman–Crippen LogP) is -0.479. The predicted molar refractivity (Wildman–Crippen MR) is 54.8 cm³/mol. The normalized spacial score (nSPS) is 21.5. The first-order valence-corrected chi connectivity index (χ1v) is 8.38. The van der Waals surface area contributed by atoms with E-state index < -0.39 is 33.5 Å². The molecule has 0 N–H and O–H groups in total. The standard InChI is InChI=1S/C10H11F2INO2S/c1-2-13-16-9(15)7-5-14-8(17-7)3-6-4-10(6,11)12/h5-6H,2-4H2,1H3/q-1. The van der Waals surface area contributed by atoms with Gasteiger partial charge in [0.05, 0.1) is 0 Å². The Morgan fingerprint density at radius 2 is 2.47 bits per heavy atom. The minimum atomic E-state index is -2.53. The van der Waals surface area contributed by atoms with Crippen molar-refractivity contribution < 1.29 is 38.3 Å². The van der Waals surface area contributed by atoms with Crippen LogP contribution in [0.1, 0.15) is 28.0 Å². The number of thiazole rings is 1. The molecule has 0 spiro atoms. The van der Waals surface area contributed by atoms with Crippen molar-refractivity contribution in [3.63, 3.8) is 0 Å². The summed E-state index contributed by atoms with van der Waals surface area (Å²) in [5.41, 5.74) is 0. The summed E-state index contributed by atoms with van der Waals surface area (Å²) in [6.07, 6.45) is 1.61. The molecule has 1 aromatic heterocycles. The molecule has 1 aliphatic carbocycles. The van der Waals surface area contributed by atoms with Crippen LogP contribution in [0.5, 0.6) is 0 Å². The Balaban J connectivity index is 1.90. The van der Waals surface area contributed by atoms with Crippen molar-refractivity contribution in [2.24, 2.45) is 5.92 Å². The summed E-state index contributed by atoms with van der Waals surface area (Å²) in [6.45, 7) is 1.95. The van der Waals surface area contributed by atoms with E-state index in [1.54, 1.807) is 0 Å². The molecular formula is C10H11F2INO2S-. The van der Waals surface area contributed by atoms with Crippen LogP contribution in [0.3, 0.4) is 0 Å². The molecule has 1 heterocycles. The van der Waals surface area contributed by atoms with E-state index >= 15 is 0 Å². The number of nitrogens with zero attached hydrogens (tertiary/aromatic N) is 1. The Morgan fingerprint density at radius 1 is 1.76 bits per heavy atom. The van der Waals surface area contributed by atoms with Gasteiger partial charge in [-0.15, -0.1) is 0 Å². The quantitative estimate of drug-likeness (QED) is 0.517. The van der Waals surface area contributed by atoms with Crippen molar-refractivity contribution in [3.8, 4) is 0 Å². The summed E-state index contributed by atoms with van der Waals surface area (Å²) in [5.74, 6) is -3.49. The Kier molecular flexibility index (Phi) is 3.96. The molecule has 7 heteroatoms. The molecule has 1 aliphatic rings. The van der Waals surface area contributed by atoms with E-state index in [2.05, 4.69) is 4.98 Å². The van der Waals surface area contributed by atoms with E-state index in [1.807, 2.05) is 6.92 Å². The van der Waals surface area contributed by atoms with Gasteiger partial charge < -0.3 is 0 Å². The SMILES string of the molecule is CC[I-]OC(=O)c1cnc(CC2CC2(F)F)s1. The molecule has 3 nitrogen and oxygen atoms in total. The van der Waals surface area contributed by atoms with Gasteiger partial charge in [0.2, 0.25) is 0 Å². The molecule has 96 valence electrons. The van der Waals surface area contributed by atoms with Crippen LogP contribution in [0.2, 0.25) is 0 Å². The molecule has 1 aromatic rings. The monoisotopic (exact) mass is 374 g/mol. The minimum absolute atomic E-state index is 0.0618. The third-order valence-electron chi connectivity index (χ3n) is 2.37. The van der Waals surface area contributed by atoms with Crippen molar-refractivity contribution in [1.29, 1.82) is 0 Å². The second-order valence-corrected chi connectivity index (χ2v) is 7.43. The summed E-state index contributed by atoms with van der Waals surface area (Å²) in [7, 11) is 0. The maximum absolute atomic E-state index is 12.7. The fraction of sp³-hybridized carbons (Fsp3) is 0.600. The van der Waals surface area contributed by atoms with Gasteiger partial charge in [-0.2, -0.15) is 0 Å². The molecule has 2 rings (SSSR count). The van der Waals surface area contributed by atoms with Crippen molar-refractivity contribution in [1.82, 2.24) is 4.98 Å². The summed E-state index contributed by atoms with van der Waals surface area (Å²) in [4.78, 5) is 15.9. The van der Waals surface area contributed by atoms with Crippen LogP contribution in [0.25, 0.3) is 0 Å². The van der Waals surface area contributed by atoms with Gasteiger partial charge in [-0.05, 0) is 0 Å². The van der Waals surface area contributed by atoms with E-state index in [9.17, 15) is 13.6 Å². The average Bonchev–Trinajstić information content (AvgIpc) is 2.70. The maximum atomic E-state index is 12.7. The number of carbonyl (C=O) groups excluding carboxylic acids is 1. The third-order valence-corrected chi connectivity index (χ3v) is 4.70. The number of alkyl halides is 3. The summed E-state index contributed by atoms with van der Waals surface area (Å²) < 4.78 is 31.3. The summed E-state index contributed by atoms with van der Waals surface area (Å²) >= 11 is 0.619. The molecule has 0 radical (unpaired) electrons. The fourth-order valence-corrected chi connectivity index (χ4v) is 3.20. The molecule has 0 bridgehead atoms. The van der Waals surface area contributed by atoms with Crippen LogP contribution < -0.4 is 21.6 Å². The number of carbonyl (C=O) groups is 1. The van der Waals surface area contributed by atoms with Crippen molar-refractivity contribution in [3.05, 3.63) is 16.1 Å². The number of hydrogen-bond acceptors (Lipinski definition) is 4. The Labute approximate surface area is 112 Å². The van der Waals surface area contributed by atoms with Gasteiger partial charge in [0, 0.05) is 0 Å². The zero-order valence-electron chi connectivity index (χ0n) is 9.08. The van der Waals surface area contributed by atoms with Crippen LogP contribution in [0.15, 0.2) is 6.20 Å². The first kappa shape index (κ1) is 13.1. The van der Waals surface area contributed by atoms with Crippen LogP contribution in [0, 0.1) is 5.92 Å². The van der Waals surface area contributed by atoms with Crippen molar-refractivity contribution in [2.45, 2.75) is 25.7 Å². The molecule has 1 atom stereocenters. The molecule has 0 aromatic carbocycles. The van der Waals surface area contributed by atoms with Gasteiger partial charge >= 0.3 is 113 Å². The van der Waals surface area contributed by atoms with E-state index in [-0.39, 0.29) is 18.8 Å². The Hall–Kier alpha value is -0.310. The van der Waals surface area contributed by atoms with Gasteiger partial charge in [-0.3, -0.25) is 0 Å². The summed E-state index contributed by atoms with van der Waals surface area (Å²) in [5, 5.41) is 0.592. The van der Waals surface area contributed by atoms with E-state index in [0.29, 0.717) is 9.88 Å². The number of hydrogen-bond donors (Lipinski definition) is 0. The van der Waals surface area contributed by atoms with Gasteiger partial charge in [0.25, 0.3) is 0 Å². The van der Waals surface area contributed by atoms with E-state index in [1.165, 1.54) is 6.20 Å². The van der Waals surface area contributed by atoms with Crippen LogP contribution in [-0.4, -0.2) is 21.3 Å². The molecule has 0 saturated heterocycles. The zero-order chi connectivity index (χ0) is 12.5. The second kappa shape index (κ2) is 5.13. The third kappa shape index (κ3) is 3.34. The van der Waals surface area contributed by atoms with Crippen LogP contribution in [0.4, 0.5) is 8.78 Å². The van der Waals surface area contributed by atoms with Crippen LogP contribution >= 0.6 is 11.3 Å². The first-order valence-electron chi connectivity index (χ1n) is 5.16. The molecular weight excluding hydrogens is 363 g/mol. The second-order valence-electron chi connectivity index (χ2n) is 3.73. The van der Waals surface area contributed by atoms with Crippen molar-refractivity contribution in [2.75, 3.05) is 4.43 Å². The number of halogens is 3. The summed E-state index contributed by atoms with van der Waals surface area (Å²) in [6, 6.07) is 0. The first-order chi connectivity index (χ1) is 8.03.